The van der Waals surface area contributed by atoms with Gasteiger partial charge in [0.1, 0.15) is 11.8 Å². The number of furan rings is 1. The normalized spacial score (nSPS) is 11.8. The molecule has 0 fully saturated rings. The summed E-state index contributed by atoms with van der Waals surface area (Å²) < 4.78 is 5.32. The van der Waals surface area contributed by atoms with Crippen molar-refractivity contribution in [1.82, 2.24) is 0 Å². The molecule has 0 saturated carbocycles. The maximum atomic E-state index is 9.07. The minimum atomic E-state index is 0.213. The molecule has 0 radical (unpaired) electrons. The third-order valence-electron chi connectivity index (χ3n) is 2.78. The summed E-state index contributed by atoms with van der Waals surface area (Å²) in [6.07, 6.45) is 2.47. The van der Waals surface area contributed by atoms with Crippen molar-refractivity contribution in [3.8, 4) is 6.07 Å². The molecule has 3 heteroatoms. The number of benzene rings is 1. The smallest absolute Gasteiger partial charge is 0.105 e. The van der Waals surface area contributed by atoms with Crippen LogP contribution in [0.5, 0.6) is 0 Å². The van der Waals surface area contributed by atoms with Crippen LogP contribution in [0.2, 0.25) is 0 Å². The van der Waals surface area contributed by atoms with Crippen LogP contribution < -0.4 is 5.32 Å². The van der Waals surface area contributed by atoms with Gasteiger partial charge in [-0.2, -0.15) is 5.26 Å². The molecule has 1 atom stereocenters. The Morgan fingerprint density at radius 2 is 2.22 bits per heavy atom. The summed E-state index contributed by atoms with van der Waals surface area (Å²) in [6, 6.07) is 12.0. The second-order valence-corrected chi connectivity index (χ2v) is 4.49. The summed E-state index contributed by atoms with van der Waals surface area (Å²) >= 11 is 0. The Balaban J connectivity index is 2.09. The summed E-state index contributed by atoms with van der Waals surface area (Å²) in [4.78, 5) is 0. The lowest BCUT2D eigenvalue weighted by molar-refractivity contribution is 0.498. The molecular formula is C15H16N2O. The predicted molar refractivity (Wildman–Crippen MR) is 71.4 cm³/mol. The zero-order chi connectivity index (χ0) is 13.0. The Labute approximate surface area is 107 Å². The van der Waals surface area contributed by atoms with Gasteiger partial charge in [-0.25, -0.2) is 0 Å². The van der Waals surface area contributed by atoms with Gasteiger partial charge in [0.25, 0.3) is 0 Å². The van der Waals surface area contributed by atoms with Crippen molar-refractivity contribution < 1.29 is 4.42 Å². The summed E-state index contributed by atoms with van der Waals surface area (Å²) in [5, 5.41) is 12.4. The van der Waals surface area contributed by atoms with Crippen LogP contribution in [0, 0.1) is 18.3 Å². The fraction of sp³-hybridized carbons (Fsp3) is 0.267. The second kappa shape index (κ2) is 5.42. The van der Waals surface area contributed by atoms with Gasteiger partial charge in [0.05, 0.1) is 17.5 Å². The minimum absolute atomic E-state index is 0.213. The largest absolute Gasteiger partial charge is 0.469 e. The second-order valence-electron chi connectivity index (χ2n) is 4.49. The molecule has 92 valence electrons. The van der Waals surface area contributed by atoms with Crippen LogP contribution in [0.15, 0.2) is 41.0 Å². The van der Waals surface area contributed by atoms with E-state index in [9.17, 15) is 0 Å². The Kier molecular flexibility index (Phi) is 3.69. The number of anilines is 1. The van der Waals surface area contributed by atoms with E-state index in [0.717, 1.165) is 23.4 Å². The van der Waals surface area contributed by atoms with Crippen LogP contribution in [0.4, 0.5) is 5.69 Å². The van der Waals surface area contributed by atoms with Crippen LogP contribution in [0.3, 0.4) is 0 Å². The van der Waals surface area contributed by atoms with Crippen LogP contribution in [0.25, 0.3) is 0 Å². The summed E-state index contributed by atoms with van der Waals surface area (Å²) in [5.74, 6) is 0.946. The zero-order valence-corrected chi connectivity index (χ0v) is 10.6. The Bertz CT molecular complexity index is 552. The van der Waals surface area contributed by atoms with Crippen molar-refractivity contribution in [2.45, 2.75) is 26.3 Å². The number of hydrogen-bond acceptors (Lipinski definition) is 3. The van der Waals surface area contributed by atoms with E-state index < -0.39 is 0 Å². The van der Waals surface area contributed by atoms with Crippen molar-refractivity contribution in [3.05, 3.63) is 53.5 Å². The highest BCUT2D eigenvalue weighted by Crippen LogP contribution is 2.18. The Morgan fingerprint density at radius 1 is 1.39 bits per heavy atom. The molecule has 0 aliphatic rings. The van der Waals surface area contributed by atoms with E-state index in [4.69, 9.17) is 9.68 Å². The number of rotatable bonds is 4. The first-order valence-corrected chi connectivity index (χ1v) is 5.98. The quantitative estimate of drug-likeness (QED) is 0.889. The molecule has 0 saturated heterocycles. The summed E-state index contributed by atoms with van der Waals surface area (Å²) in [6.45, 7) is 4.09. The van der Waals surface area contributed by atoms with Gasteiger partial charge < -0.3 is 9.73 Å². The van der Waals surface area contributed by atoms with Crippen LogP contribution >= 0.6 is 0 Å². The lowest BCUT2D eigenvalue weighted by atomic mass is 10.1. The molecule has 1 unspecified atom stereocenters. The topological polar surface area (TPSA) is 49.0 Å². The van der Waals surface area contributed by atoms with E-state index in [1.165, 1.54) is 0 Å². The number of aryl methyl sites for hydroxylation is 1. The first-order valence-electron chi connectivity index (χ1n) is 5.98. The van der Waals surface area contributed by atoms with Gasteiger partial charge in [-0.3, -0.25) is 0 Å². The lowest BCUT2D eigenvalue weighted by Crippen LogP contribution is -2.18. The van der Waals surface area contributed by atoms with Crippen molar-refractivity contribution in [1.29, 1.82) is 5.26 Å². The van der Waals surface area contributed by atoms with Gasteiger partial charge in [0, 0.05) is 12.5 Å². The van der Waals surface area contributed by atoms with Crippen molar-refractivity contribution in [2.24, 2.45) is 0 Å². The SMILES string of the molecule is Cc1ccc(C#N)c(NC(C)Cc2ccco2)c1. The third kappa shape index (κ3) is 2.92. The van der Waals surface area contributed by atoms with Gasteiger partial charge in [-0.05, 0) is 43.7 Å². The molecule has 1 aromatic heterocycles. The van der Waals surface area contributed by atoms with Crippen molar-refractivity contribution in [2.75, 3.05) is 5.32 Å². The summed E-state index contributed by atoms with van der Waals surface area (Å²) in [7, 11) is 0. The lowest BCUT2D eigenvalue weighted by Gasteiger charge is -2.15. The molecule has 1 heterocycles. The van der Waals surface area contributed by atoms with Crippen LogP contribution in [-0.2, 0) is 6.42 Å². The van der Waals surface area contributed by atoms with Gasteiger partial charge in [-0.1, -0.05) is 6.07 Å². The standard InChI is InChI=1S/C15H16N2O/c1-11-5-6-13(10-16)15(8-11)17-12(2)9-14-4-3-7-18-14/h3-8,12,17H,9H2,1-2H3. The Morgan fingerprint density at radius 3 is 2.89 bits per heavy atom. The van der Waals surface area contributed by atoms with Gasteiger partial charge in [-0.15, -0.1) is 0 Å². The molecule has 0 bridgehead atoms. The predicted octanol–water partition coefficient (Wildman–Crippen LogP) is 3.50. The molecule has 18 heavy (non-hydrogen) atoms. The first-order chi connectivity index (χ1) is 8.69. The van der Waals surface area contributed by atoms with Crippen LogP contribution in [-0.4, -0.2) is 6.04 Å². The average Bonchev–Trinajstić information content (AvgIpc) is 2.82. The van der Waals surface area contributed by atoms with Crippen molar-refractivity contribution >= 4 is 5.69 Å². The molecule has 1 N–H and O–H groups in total. The Hall–Kier alpha value is -2.21. The fourth-order valence-electron chi connectivity index (χ4n) is 1.92. The zero-order valence-electron chi connectivity index (χ0n) is 10.6. The number of nitrogens with one attached hydrogen (secondary N) is 1. The molecular weight excluding hydrogens is 224 g/mol. The van der Waals surface area contributed by atoms with Gasteiger partial charge >= 0.3 is 0 Å². The molecule has 0 aliphatic heterocycles. The van der Waals surface area contributed by atoms with E-state index in [1.54, 1.807) is 6.26 Å². The van der Waals surface area contributed by atoms with E-state index in [1.807, 2.05) is 37.3 Å². The van der Waals surface area contributed by atoms with Gasteiger partial charge in [0.2, 0.25) is 0 Å². The first kappa shape index (κ1) is 12.3. The van der Waals surface area contributed by atoms with E-state index >= 15 is 0 Å². The molecule has 0 amide bonds. The molecule has 0 aliphatic carbocycles. The molecule has 0 spiro atoms. The number of nitriles is 1. The maximum absolute atomic E-state index is 9.07. The molecule has 2 rings (SSSR count). The fourth-order valence-corrected chi connectivity index (χ4v) is 1.92. The van der Waals surface area contributed by atoms with E-state index in [0.29, 0.717) is 5.56 Å². The third-order valence-corrected chi connectivity index (χ3v) is 2.78. The number of nitrogens with zero attached hydrogens (tertiary/aromatic N) is 1. The van der Waals surface area contributed by atoms with Crippen LogP contribution in [0.1, 0.15) is 23.8 Å². The molecule has 1 aromatic carbocycles. The highest BCUT2D eigenvalue weighted by molar-refractivity contribution is 5.59. The molecule has 3 nitrogen and oxygen atoms in total. The highest BCUT2D eigenvalue weighted by atomic mass is 16.3. The van der Waals surface area contributed by atoms with E-state index in [2.05, 4.69) is 18.3 Å². The average molecular weight is 240 g/mol. The number of hydrogen-bond donors (Lipinski definition) is 1. The van der Waals surface area contributed by atoms with Crippen molar-refractivity contribution in [3.63, 3.8) is 0 Å². The van der Waals surface area contributed by atoms with Gasteiger partial charge in [0.15, 0.2) is 0 Å². The molecule has 2 aromatic rings. The highest BCUT2D eigenvalue weighted by Gasteiger charge is 2.08. The maximum Gasteiger partial charge on any atom is 0.105 e. The summed E-state index contributed by atoms with van der Waals surface area (Å²) in [5.41, 5.74) is 2.70. The van der Waals surface area contributed by atoms with E-state index in [-0.39, 0.29) is 6.04 Å². The monoisotopic (exact) mass is 240 g/mol. The minimum Gasteiger partial charge on any atom is -0.469 e.